The number of ether oxygens (including phenoxy) is 2. The third-order valence-electron chi connectivity index (χ3n) is 3.29. The zero-order chi connectivity index (χ0) is 14.5. The van der Waals surface area contributed by atoms with Gasteiger partial charge in [-0.15, -0.1) is 0 Å². The SMILES string of the molecule is COC(=O)[C@H]1CN(C(=O)c2ccc(OC)cc2)CCN1. The van der Waals surface area contributed by atoms with Crippen molar-refractivity contribution < 1.29 is 19.1 Å². The first-order valence-electron chi connectivity index (χ1n) is 6.40. The second kappa shape index (κ2) is 6.38. The van der Waals surface area contributed by atoms with Gasteiger partial charge in [-0.1, -0.05) is 0 Å². The van der Waals surface area contributed by atoms with Crippen LogP contribution < -0.4 is 10.1 Å². The lowest BCUT2D eigenvalue weighted by atomic mass is 10.1. The Morgan fingerprint density at radius 2 is 1.95 bits per heavy atom. The van der Waals surface area contributed by atoms with Gasteiger partial charge in [0.1, 0.15) is 11.8 Å². The summed E-state index contributed by atoms with van der Waals surface area (Å²) in [6.07, 6.45) is 0. The highest BCUT2D eigenvalue weighted by Gasteiger charge is 2.29. The normalized spacial score (nSPS) is 18.5. The summed E-state index contributed by atoms with van der Waals surface area (Å²) in [5, 5.41) is 3.04. The molecule has 1 N–H and O–H groups in total. The molecule has 6 nitrogen and oxygen atoms in total. The van der Waals surface area contributed by atoms with Gasteiger partial charge in [0.05, 0.1) is 14.2 Å². The van der Waals surface area contributed by atoms with E-state index in [-0.39, 0.29) is 11.9 Å². The number of carbonyl (C=O) groups is 2. The average molecular weight is 278 g/mol. The quantitative estimate of drug-likeness (QED) is 0.805. The molecule has 1 amide bonds. The molecule has 1 saturated heterocycles. The lowest BCUT2D eigenvalue weighted by Crippen LogP contribution is -2.56. The number of methoxy groups -OCH3 is 2. The summed E-state index contributed by atoms with van der Waals surface area (Å²) < 4.78 is 9.76. The minimum Gasteiger partial charge on any atom is -0.497 e. The van der Waals surface area contributed by atoms with Crippen molar-refractivity contribution in [2.75, 3.05) is 33.9 Å². The van der Waals surface area contributed by atoms with Crippen molar-refractivity contribution in [2.45, 2.75) is 6.04 Å². The number of carbonyl (C=O) groups excluding carboxylic acids is 2. The van der Waals surface area contributed by atoms with Gasteiger partial charge in [-0.2, -0.15) is 0 Å². The molecule has 1 aliphatic heterocycles. The molecule has 0 aliphatic carbocycles. The maximum absolute atomic E-state index is 12.4. The molecule has 0 aromatic heterocycles. The summed E-state index contributed by atoms with van der Waals surface area (Å²) >= 11 is 0. The second-order valence-electron chi connectivity index (χ2n) is 4.51. The van der Waals surface area contributed by atoms with E-state index in [2.05, 4.69) is 5.32 Å². The van der Waals surface area contributed by atoms with E-state index in [1.165, 1.54) is 7.11 Å². The van der Waals surface area contributed by atoms with Crippen LogP contribution in [0.5, 0.6) is 5.75 Å². The molecule has 1 atom stereocenters. The zero-order valence-electron chi connectivity index (χ0n) is 11.6. The smallest absolute Gasteiger partial charge is 0.324 e. The molecule has 108 valence electrons. The van der Waals surface area contributed by atoms with Crippen molar-refractivity contribution in [1.29, 1.82) is 0 Å². The minimum absolute atomic E-state index is 0.0944. The van der Waals surface area contributed by atoms with Crippen molar-refractivity contribution in [3.8, 4) is 5.75 Å². The van der Waals surface area contributed by atoms with E-state index in [1.54, 1.807) is 36.3 Å². The molecular formula is C14H18N2O4. The highest BCUT2D eigenvalue weighted by Crippen LogP contribution is 2.14. The number of nitrogens with zero attached hydrogens (tertiary/aromatic N) is 1. The number of hydrogen-bond acceptors (Lipinski definition) is 5. The second-order valence-corrected chi connectivity index (χ2v) is 4.51. The van der Waals surface area contributed by atoms with Gasteiger partial charge in [0.15, 0.2) is 0 Å². The number of benzene rings is 1. The molecule has 20 heavy (non-hydrogen) atoms. The van der Waals surface area contributed by atoms with Crippen molar-refractivity contribution in [3.63, 3.8) is 0 Å². The van der Waals surface area contributed by atoms with Crippen LogP contribution in [0.2, 0.25) is 0 Å². The van der Waals surface area contributed by atoms with Gasteiger partial charge in [-0.25, -0.2) is 0 Å². The Morgan fingerprint density at radius 1 is 1.25 bits per heavy atom. The Bertz CT molecular complexity index is 486. The van der Waals surface area contributed by atoms with Gasteiger partial charge in [-0.05, 0) is 24.3 Å². The average Bonchev–Trinajstić information content (AvgIpc) is 2.53. The van der Waals surface area contributed by atoms with Crippen LogP contribution in [0.4, 0.5) is 0 Å². The summed E-state index contributed by atoms with van der Waals surface area (Å²) in [5.74, 6) is 0.259. The monoisotopic (exact) mass is 278 g/mol. The Labute approximate surface area is 117 Å². The molecule has 0 spiro atoms. The van der Waals surface area contributed by atoms with Gasteiger partial charge in [0.2, 0.25) is 0 Å². The third-order valence-corrected chi connectivity index (χ3v) is 3.29. The summed E-state index contributed by atoms with van der Waals surface area (Å²) in [6.45, 7) is 1.46. The number of piperazine rings is 1. The van der Waals surface area contributed by atoms with E-state index >= 15 is 0 Å². The molecular weight excluding hydrogens is 260 g/mol. The van der Waals surface area contributed by atoms with Crippen molar-refractivity contribution in [2.24, 2.45) is 0 Å². The van der Waals surface area contributed by atoms with E-state index in [1.807, 2.05) is 0 Å². The molecule has 6 heteroatoms. The van der Waals surface area contributed by atoms with Crippen molar-refractivity contribution in [3.05, 3.63) is 29.8 Å². The first kappa shape index (κ1) is 14.3. The molecule has 1 aliphatic rings. The maximum Gasteiger partial charge on any atom is 0.324 e. The molecule has 1 heterocycles. The Hall–Kier alpha value is -2.08. The van der Waals surface area contributed by atoms with E-state index < -0.39 is 6.04 Å². The van der Waals surface area contributed by atoms with Gasteiger partial charge in [0.25, 0.3) is 5.91 Å². The molecule has 0 saturated carbocycles. The first-order chi connectivity index (χ1) is 9.65. The fourth-order valence-corrected chi connectivity index (χ4v) is 2.15. The van der Waals surface area contributed by atoms with Crippen LogP contribution in [0.15, 0.2) is 24.3 Å². The fourth-order valence-electron chi connectivity index (χ4n) is 2.15. The van der Waals surface area contributed by atoms with Crippen LogP contribution in [0.25, 0.3) is 0 Å². The standard InChI is InChI=1S/C14H18N2O4/c1-19-11-5-3-10(4-6-11)13(17)16-8-7-15-12(9-16)14(18)20-2/h3-6,12,15H,7-9H2,1-2H3/t12-/m1/s1. The molecule has 1 aromatic rings. The summed E-state index contributed by atoms with van der Waals surface area (Å²) in [5.41, 5.74) is 0.580. The van der Waals surface area contributed by atoms with Gasteiger partial charge in [-0.3, -0.25) is 9.59 Å². The molecule has 1 fully saturated rings. The highest BCUT2D eigenvalue weighted by atomic mass is 16.5. The van der Waals surface area contributed by atoms with Crippen molar-refractivity contribution >= 4 is 11.9 Å². The number of hydrogen-bond donors (Lipinski definition) is 1. The largest absolute Gasteiger partial charge is 0.497 e. The van der Waals surface area contributed by atoms with E-state index in [9.17, 15) is 9.59 Å². The zero-order valence-corrected chi connectivity index (χ0v) is 11.6. The number of nitrogens with one attached hydrogen (secondary N) is 1. The van der Waals surface area contributed by atoms with Crippen LogP contribution in [-0.4, -0.2) is 56.7 Å². The van der Waals surface area contributed by atoms with Crippen LogP contribution in [0.1, 0.15) is 10.4 Å². The molecule has 0 radical (unpaired) electrons. The van der Waals surface area contributed by atoms with Gasteiger partial charge >= 0.3 is 5.97 Å². The Morgan fingerprint density at radius 3 is 2.55 bits per heavy atom. The summed E-state index contributed by atoms with van der Waals surface area (Å²) in [4.78, 5) is 25.5. The van der Waals surface area contributed by atoms with Crippen LogP contribution in [-0.2, 0) is 9.53 Å². The molecule has 0 bridgehead atoms. The van der Waals surface area contributed by atoms with Gasteiger partial charge < -0.3 is 19.7 Å². The van der Waals surface area contributed by atoms with E-state index in [0.717, 1.165) is 0 Å². The van der Waals surface area contributed by atoms with Crippen LogP contribution in [0.3, 0.4) is 0 Å². The maximum atomic E-state index is 12.4. The van der Waals surface area contributed by atoms with Crippen LogP contribution >= 0.6 is 0 Å². The predicted molar refractivity (Wildman–Crippen MR) is 72.7 cm³/mol. The first-order valence-corrected chi connectivity index (χ1v) is 6.40. The van der Waals surface area contributed by atoms with E-state index in [4.69, 9.17) is 9.47 Å². The number of amides is 1. The lowest BCUT2D eigenvalue weighted by Gasteiger charge is -2.32. The molecule has 1 aromatic carbocycles. The fraction of sp³-hybridized carbons (Fsp3) is 0.429. The third kappa shape index (κ3) is 3.08. The molecule has 0 unspecified atom stereocenters. The highest BCUT2D eigenvalue weighted by molar-refractivity contribution is 5.94. The molecule has 2 rings (SSSR count). The summed E-state index contributed by atoms with van der Waals surface area (Å²) in [7, 11) is 2.92. The lowest BCUT2D eigenvalue weighted by molar-refractivity contribution is -0.144. The van der Waals surface area contributed by atoms with Crippen molar-refractivity contribution in [1.82, 2.24) is 10.2 Å². The van der Waals surface area contributed by atoms with Gasteiger partial charge in [0, 0.05) is 25.2 Å². The predicted octanol–water partition coefficient (Wildman–Crippen LogP) is 0.282. The van der Waals surface area contributed by atoms with Crippen LogP contribution in [0, 0.1) is 0 Å². The minimum atomic E-state index is -0.462. The Balaban J connectivity index is 2.05. The number of esters is 1. The Kier molecular flexibility index (Phi) is 4.57. The number of rotatable bonds is 3. The summed E-state index contributed by atoms with van der Waals surface area (Å²) in [6, 6.07) is 6.46. The topological polar surface area (TPSA) is 67.9 Å². The van der Waals surface area contributed by atoms with E-state index in [0.29, 0.717) is 30.9 Å².